The molecule has 0 aliphatic carbocycles. The maximum Gasteiger partial charge on any atom is 0.325 e. The number of hydrogen-bond donors (Lipinski definition) is 2. The SMILES string of the molecule is CCOC(=O)C1NC(Br)C(C)NC1C(F)F. The second kappa shape index (κ2) is 5.88. The fourth-order valence-corrected chi connectivity index (χ4v) is 2.01. The number of rotatable bonds is 3. The molecule has 7 heteroatoms. The largest absolute Gasteiger partial charge is 0.465 e. The summed E-state index contributed by atoms with van der Waals surface area (Å²) in [6, 6.07) is -2.44. The molecule has 1 fully saturated rings. The summed E-state index contributed by atoms with van der Waals surface area (Å²) >= 11 is 3.26. The third-order valence-electron chi connectivity index (χ3n) is 2.40. The van der Waals surface area contributed by atoms with Crippen LogP contribution in [0.3, 0.4) is 0 Å². The lowest BCUT2D eigenvalue weighted by atomic mass is 10.0. The second-order valence-corrected chi connectivity index (χ2v) is 4.60. The number of carbonyl (C=O) groups is 1. The fourth-order valence-electron chi connectivity index (χ4n) is 1.57. The van der Waals surface area contributed by atoms with Gasteiger partial charge in [0.25, 0.3) is 6.43 Å². The van der Waals surface area contributed by atoms with Crippen LogP contribution in [0, 0.1) is 0 Å². The lowest BCUT2D eigenvalue weighted by Gasteiger charge is -2.38. The predicted molar refractivity (Wildman–Crippen MR) is 58.7 cm³/mol. The summed E-state index contributed by atoms with van der Waals surface area (Å²) in [5.41, 5.74) is 0. The number of halogens is 3. The molecule has 0 bridgehead atoms. The molecule has 2 N–H and O–H groups in total. The van der Waals surface area contributed by atoms with Crippen molar-refractivity contribution in [1.82, 2.24) is 10.6 Å². The molecule has 1 saturated heterocycles. The zero-order valence-corrected chi connectivity index (χ0v) is 10.6. The number of esters is 1. The molecule has 0 aromatic carbocycles. The van der Waals surface area contributed by atoms with E-state index in [-0.39, 0.29) is 17.6 Å². The molecule has 1 aliphatic rings. The molecular formula is C9H15BrF2N2O2. The summed E-state index contributed by atoms with van der Waals surface area (Å²) in [6.07, 6.45) is -2.62. The molecule has 1 heterocycles. The molecular weight excluding hydrogens is 286 g/mol. The van der Waals surface area contributed by atoms with Crippen LogP contribution in [0.2, 0.25) is 0 Å². The van der Waals surface area contributed by atoms with Crippen LogP contribution < -0.4 is 10.6 Å². The van der Waals surface area contributed by atoms with E-state index >= 15 is 0 Å². The third-order valence-corrected chi connectivity index (χ3v) is 3.46. The van der Waals surface area contributed by atoms with Gasteiger partial charge < -0.3 is 10.1 Å². The van der Waals surface area contributed by atoms with Gasteiger partial charge in [-0.25, -0.2) is 8.78 Å². The summed E-state index contributed by atoms with van der Waals surface area (Å²) in [4.78, 5) is 11.2. The highest BCUT2D eigenvalue weighted by atomic mass is 79.9. The summed E-state index contributed by atoms with van der Waals surface area (Å²) in [5.74, 6) is -0.656. The zero-order chi connectivity index (χ0) is 12.3. The van der Waals surface area contributed by atoms with E-state index in [1.54, 1.807) is 13.8 Å². The Morgan fingerprint density at radius 2 is 2.12 bits per heavy atom. The highest BCUT2D eigenvalue weighted by Gasteiger charge is 2.42. The Balaban J connectivity index is 2.73. The van der Waals surface area contributed by atoms with Gasteiger partial charge in [0.1, 0.15) is 6.04 Å². The first kappa shape index (κ1) is 13.8. The van der Waals surface area contributed by atoms with Crippen molar-refractivity contribution in [3.63, 3.8) is 0 Å². The monoisotopic (exact) mass is 300 g/mol. The minimum Gasteiger partial charge on any atom is -0.465 e. The molecule has 4 unspecified atom stereocenters. The molecule has 1 rings (SSSR count). The van der Waals surface area contributed by atoms with E-state index in [2.05, 4.69) is 26.6 Å². The van der Waals surface area contributed by atoms with E-state index in [9.17, 15) is 13.6 Å². The number of nitrogens with one attached hydrogen (secondary N) is 2. The molecule has 0 radical (unpaired) electrons. The van der Waals surface area contributed by atoms with Crippen molar-refractivity contribution in [2.24, 2.45) is 0 Å². The number of alkyl halides is 3. The van der Waals surface area contributed by atoms with E-state index in [1.165, 1.54) is 0 Å². The first-order valence-electron chi connectivity index (χ1n) is 5.08. The molecule has 94 valence electrons. The summed E-state index contributed by atoms with van der Waals surface area (Å²) in [5, 5.41) is 5.48. The van der Waals surface area contributed by atoms with Crippen molar-refractivity contribution in [1.29, 1.82) is 0 Å². The van der Waals surface area contributed by atoms with Crippen LogP contribution in [0.15, 0.2) is 0 Å². The van der Waals surface area contributed by atoms with Gasteiger partial charge in [-0.3, -0.25) is 10.1 Å². The molecule has 16 heavy (non-hydrogen) atoms. The minimum atomic E-state index is -2.62. The predicted octanol–water partition coefficient (Wildman–Crippen LogP) is 0.854. The van der Waals surface area contributed by atoms with Gasteiger partial charge in [-0.05, 0) is 13.8 Å². The number of hydrogen-bond acceptors (Lipinski definition) is 4. The Labute approximate surface area is 101 Å². The smallest absolute Gasteiger partial charge is 0.325 e. The lowest BCUT2D eigenvalue weighted by molar-refractivity contribution is -0.149. The Hall–Kier alpha value is -0.270. The van der Waals surface area contributed by atoms with E-state index in [0.717, 1.165) is 0 Å². The first-order valence-corrected chi connectivity index (χ1v) is 6.00. The highest BCUT2D eigenvalue weighted by molar-refractivity contribution is 9.09. The van der Waals surface area contributed by atoms with Crippen LogP contribution in [0.4, 0.5) is 8.78 Å². The summed E-state index contributed by atoms with van der Waals surface area (Å²) in [6.45, 7) is 3.57. The molecule has 4 atom stereocenters. The molecule has 0 aromatic rings. The van der Waals surface area contributed by atoms with Gasteiger partial charge in [-0.2, -0.15) is 0 Å². The Morgan fingerprint density at radius 1 is 1.50 bits per heavy atom. The fraction of sp³-hybridized carbons (Fsp3) is 0.889. The van der Waals surface area contributed by atoms with Crippen molar-refractivity contribution < 1.29 is 18.3 Å². The van der Waals surface area contributed by atoms with Gasteiger partial charge in [0, 0.05) is 6.04 Å². The van der Waals surface area contributed by atoms with Crippen LogP contribution in [0.25, 0.3) is 0 Å². The summed E-state index contributed by atoms with van der Waals surface area (Å²) < 4.78 is 30.2. The molecule has 0 spiro atoms. The summed E-state index contributed by atoms with van der Waals surface area (Å²) in [7, 11) is 0. The lowest BCUT2D eigenvalue weighted by Crippen LogP contribution is -2.68. The standard InChI is InChI=1S/C9H15BrF2N2O2/c1-3-16-9(15)6-5(8(11)12)13-4(2)7(10)14-6/h4-8,13-14H,3H2,1-2H3. The van der Waals surface area contributed by atoms with Crippen LogP contribution in [-0.2, 0) is 9.53 Å². The normalized spacial score (nSPS) is 35.1. The maximum absolute atomic E-state index is 12.7. The Bertz CT molecular complexity index is 256. The average Bonchev–Trinajstić information content (AvgIpc) is 2.21. The minimum absolute atomic E-state index is 0.176. The van der Waals surface area contributed by atoms with Crippen LogP contribution in [0.1, 0.15) is 13.8 Å². The molecule has 4 nitrogen and oxygen atoms in total. The Kier molecular flexibility index (Phi) is 5.07. The van der Waals surface area contributed by atoms with Gasteiger partial charge in [-0.1, -0.05) is 15.9 Å². The molecule has 1 aliphatic heterocycles. The Morgan fingerprint density at radius 3 is 2.62 bits per heavy atom. The zero-order valence-electron chi connectivity index (χ0n) is 9.04. The van der Waals surface area contributed by atoms with Crippen molar-refractivity contribution in [3.8, 4) is 0 Å². The topological polar surface area (TPSA) is 50.4 Å². The second-order valence-electron chi connectivity index (χ2n) is 3.61. The molecule has 0 aromatic heterocycles. The third kappa shape index (κ3) is 3.11. The van der Waals surface area contributed by atoms with Crippen molar-refractivity contribution >= 4 is 21.9 Å². The number of carbonyl (C=O) groups excluding carboxylic acids is 1. The first-order chi connectivity index (χ1) is 7.47. The van der Waals surface area contributed by atoms with Crippen molar-refractivity contribution in [2.75, 3.05) is 6.61 Å². The quantitative estimate of drug-likeness (QED) is 0.461. The average molecular weight is 301 g/mol. The van der Waals surface area contributed by atoms with Gasteiger partial charge in [0.2, 0.25) is 0 Å². The molecule has 0 saturated carbocycles. The van der Waals surface area contributed by atoms with Gasteiger partial charge in [-0.15, -0.1) is 0 Å². The van der Waals surface area contributed by atoms with E-state index in [0.29, 0.717) is 0 Å². The van der Waals surface area contributed by atoms with Crippen LogP contribution in [-0.4, -0.2) is 42.1 Å². The number of ether oxygens (including phenoxy) is 1. The molecule has 0 amide bonds. The number of piperazine rings is 1. The van der Waals surface area contributed by atoms with Crippen molar-refractivity contribution in [2.45, 2.75) is 43.3 Å². The van der Waals surface area contributed by atoms with E-state index in [4.69, 9.17) is 4.74 Å². The van der Waals surface area contributed by atoms with E-state index in [1.807, 2.05) is 0 Å². The van der Waals surface area contributed by atoms with Crippen LogP contribution in [0.5, 0.6) is 0 Å². The maximum atomic E-state index is 12.7. The van der Waals surface area contributed by atoms with Crippen LogP contribution >= 0.6 is 15.9 Å². The van der Waals surface area contributed by atoms with Crippen molar-refractivity contribution in [3.05, 3.63) is 0 Å². The van der Waals surface area contributed by atoms with Gasteiger partial charge in [0.05, 0.1) is 17.6 Å². The van der Waals surface area contributed by atoms with Gasteiger partial charge >= 0.3 is 5.97 Å². The van der Waals surface area contributed by atoms with E-state index < -0.39 is 24.5 Å². The van der Waals surface area contributed by atoms with Gasteiger partial charge in [0.15, 0.2) is 0 Å². The highest BCUT2D eigenvalue weighted by Crippen LogP contribution is 2.18.